The van der Waals surface area contributed by atoms with Gasteiger partial charge in [-0.15, -0.1) is 0 Å². The molecule has 69 heavy (non-hydrogen) atoms. The normalized spacial score (nSPS) is 18.8. The van der Waals surface area contributed by atoms with E-state index >= 15 is 0 Å². The first-order chi connectivity index (χ1) is 33.0. The highest BCUT2D eigenvalue weighted by atomic mass is 16.5. The third kappa shape index (κ3) is 10.2. The van der Waals surface area contributed by atoms with Crippen LogP contribution in [0.15, 0.2) is 85.2 Å². The molecule has 0 saturated carbocycles. The molecule has 0 bridgehead atoms. The zero-order chi connectivity index (χ0) is 49.2. The monoisotopic (exact) mass is 940 g/mol. The van der Waals surface area contributed by atoms with Gasteiger partial charge >= 0.3 is 12.2 Å². The largest absolute Gasteiger partial charge is 0.453 e. The number of ether oxygens (including phenoxy) is 2. The van der Waals surface area contributed by atoms with Crippen molar-refractivity contribution in [3.05, 3.63) is 114 Å². The van der Waals surface area contributed by atoms with E-state index in [1.165, 1.54) is 36.6 Å². The molecular weight excluding hydrogens is 871 g/mol. The molecule has 3 fully saturated rings. The van der Waals surface area contributed by atoms with Gasteiger partial charge in [0.05, 0.1) is 49.5 Å². The Morgan fingerprint density at radius 2 is 1.26 bits per heavy atom. The fraction of sp³-hybridized carbons (Fsp3) is 0.481. The molecule has 0 spiro atoms. The van der Waals surface area contributed by atoms with E-state index in [0.717, 1.165) is 72.9 Å². The molecule has 3 saturated heterocycles. The lowest BCUT2D eigenvalue weighted by Crippen LogP contribution is -2.60. The quantitative estimate of drug-likeness (QED) is 0.0850. The number of aromatic amines is 2. The number of nitrogens with one attached hydrogen (secondary N) is 4. The molecule has 4 N–H and O–H groups in total. The first kappa shape index (κ1) is 48.8. The molecule has 3 aliphatic heterocycles. The average molecular weight is 940 g/mol. The summed E-state index contributed by atoms with van der Waals surface area (Å²) in [6.45, 7) is 17.1. The van der Waals surface area contributed by atoms with Crippen molar-refractivity contribution >= 4 is 29.7 Å². The first-order valence-corrected chi connectivity index (χ1v) is 24.5. The lowest BCUT2D eigenvalue weighted by molar-refractivity contribution is -0.136. The van der Waals surface area contributed by atoms with Crippen molar-refractivity contribution in [3.8, 4) is 22.5 Å². The topological polar surface area (TPSA) is 178 Å². The molecule has 2 aromatic heterocycles. The van der Waals surface area contributed by atoms with Gasteiger partial charge in [-0.25, -0.2) is 19.6 Å². The van der Waals surface area contributed by atoms with E-state index in [9.17, 15) is 19.2 Å². The van der Waals surface area contributed by atoms with E-state index in [4.69, 9.17) is 19.4 Å². The average Bonchev–Trinajstić information content (AvgIpc) is 4.18. The molecule has 1 unspecified atom stereocenters. The van der Waals surface area contributed by atoms with Crippen LogP contribution < -0.4 is 15.5 Å². The Morgan fingerprint density at radius 1 is 0.725 bits per heavy atom. The molecular formula is C54H69N9O6. The van der Waals surface area contributed by atoms with Crippen LogP contribution in [-0.4, -0.2) is 112 Å². The van der Waals surface area contributed by atoms with Gasteiger partial charge in [0.25, 0.3) is 0 Å². The fourth-order valence-corrected chi connectivity index (χ4v) is 10.4. The van der Waals surface area contributed by atoms with Gasteiger partial charge in [0.2, 0.25) is 11.8 Å². The number of imidazole rings is 2. The Hall–Kier alpha value is -6.64. The van der Waals surface area contributed by atoms with Crippen LogP contribution in [-0.2, 0) is 36.3 Å². The first-order valence-electron chi connectivity index (χ1n) is 24.5. The van der Waals surface area contributed by atoms with Gasteiger partial charge in [0, 0.05) is 44.3 Å². The Labute approximate surface area is 406 Å². The molecule has 0 aliphatic carbocycles. The summed E-state index contributed by atoms with van der Waals surface area (Å²) < 4.78 is 9.66. The van der Waals surface area contributed by atoms with Crippen LogP contribution >= 0.6 is 0 Å². The number of hydrogen-bond donors (Lipinski definition) is 4. The van der Waals surface area contributed by atoms with E-state index < -0.39 is 24.3 Å². The maximum Gasteiger partial charge on any atom is 0.407 e. The predicted molar refractivity (Wildman–Crippen MR) is 267 cm³/mol. The fourth-order valence-electron chi connectivity index (χ4n) is 10.4. The number of carbonyl (C=O) groups is 4. The number of hydrogen-bond acceptors (Lipinski definition) is 9. The van der Waals surface area contributed by atoms with Crippen LogP contribution in [0.1, 0.15) is 109 Å². The summed E-state index contributed by atoms with van der Waals surface area (Å²) in [5, 5.41) is 5.48. The van der Waals surface area contributed by atoms with Crippen LogP contribution in [0.2, 0.25) is 0 Å². The number of benzene rings is 3. The molecule has 5 heterocycles. The Kier molecular flexibility index (Phi) is 14.2. The second-order valence-electron chi connectivity index (χ2n) is 20.8. The van der Waals surface area contributed by atoms with E-state index in [2.05, 4.69) is 119 Å². The van der Waals surface area contributed by atoms with Crippen molar-refractivity contribution < 1.29 is 28.7 Å². The summed E-state index contributed by atoms with van der Waals surface area (Å²) in [7, 11) is 2.60. The van der Waals surface area contributed by atoms with Gasteiger partial charge in [0.15, 0.2) is 0 Å². The molecule has 3 aliphatic rings. The molecule has 4 atom stereocenters. The van der Waals surface area contributed by atoms with Crippen LogP contribution in [0.3, 0.4) is 0 Å². The van der Waals surface area contributed by atoms with Crippen molar-refractivity contribution in [1.29, 1.82) is 0 Å². The number of anilines is 1. The standard InChI is InChI=1S/C54H69N9O6/c1-33(2)46(59-51(66)68-8)49(64)62-24-12-18-41(62)28-45-55-29-42(57-45)35-14-10-16-38(26-35)54(31-61(32-54)40-22-20-37(21-23-40)53(5,6)7)39-17-11-15-36(27-39)43-30-56-48(58-43)44-19-13-25-63(44)50(65)47(34(3)4)60-52(67)69-9/h10-11,14-17,20-23,26-27,29-30,33-34,41,44,46-47H,12-13,18-19,24-25,28,31-32H2,1-9H3,(H,55,57)(H,56,58)(H,59,66)(H,60,67)/t41?,44-,46-,47-/m0/s1. The number of H-pyrrole nitrogens is 2. The lowest BCUT2D eigenvalue weighted by atomic mass is 9.67. The predicted octanol–water partition coefficient (Wildman–Crippen LogP) is 8.53. The van der Waals surface area contributed by atoms with Gasteiger partial charge in [-0.3, -0.25) is 9.59 Å². The van der Waals surface area contributed by atoms with Gasteiger partial charge in [-0.2, -0.15) is 0 Å². The molecule has 5 aromatic rings. The van der Waals surface area contributed by atoms with Crippen LogP contribution in [0.4, 0.5) is 15.3 Å². The van der Waals surface area contributed by atoms with Crippen molar-refractivity contribution in [1.82, 2.24) is 40.4 Å². The van der Waals surface area contributed by atoms with Crippen molar-refractivity contribution in [3.63, 3.8) is 0 Å². The number of nitrogens with zero attached hydrogens (tertiary/aromatic N) is 5. The molecule has 4 amide bonds. The number of likely N-dealkylation sites (tertiary alicyclic amines) is 2. The maximum absolute atomic E-state index is 13.9. The summed E-state index contributed by atoms with van der Waals surface area (Å²) in [6.07, 6.45) is 6.41. The highest BCUT2D eigenvalue weighted by molar-refractivity contribution is 5.87. The number of aromatic nitrogens is 4. The third-order valence-electron chi connectivity index (χ3n) is 14.4. The molecule has 3 aromatic carbocycles. The van der Waals surface area contributed by atoms with Crippen molar-refractivity contribution in [2.24, 2.45) is 11.8 Å². The number of alkyl carbamates (subject to hydrolysis) is 2. The van der Waals surface area contributed by atoms with E-state index in [-0.39, 0.29) is 46.6 Å². The van der Waals surface area contributed by atoms with Crippen LogP contribution in [0.25, 0.3) is 22.5 Å². The molecule has 15 heteroatoms. The minimum Gasteiger partial charge on any atom is -0.453 e. The zero-order valence-electron chi connectivity index (χ0n) is 41.6. The number of amides is 4. The lowest BCUT2D eigenvalue weighted by Gasteiger charge is -2.52. The Bertz CT molecular complexity index is 2620. The molecule has 8 rings (SSSR count). The smallest absolute Gasteiger partial charge is 0.407 e. The van der Waals surface area contributed by atoms with Crippen molar-refractivity contribution in [2.75, 3.05) is 45.3 Å². The SMILES string of the molecule is COC(=O)N[C@H](C(=O)N1CCCC1Cc1ncc(-c2cccc(C3(c4cccc(-c5cnc([C@@H]6CCCN6C(=O)[C@@H](NC(=O)OC)C(C)C)[nH]5)c4)CN(c4ccc(C(C)(C)C)cc4)C3)c2)[nH]1)C(C)C. The number of rotatable bonds is 14. The third-order valence-corrected chi connectivity index (χ3v) is 14.4. The summed E-state index contributed by atoms with van der Waals surface area (Å²) in [5.74, 6) is 1.06. The van der Waals surface area contributed by atoms with Crippen molar-refractivity contribution in [2.45, 2.75) is 116 Å². The zero-order valence-corrected chi connectivity index (χ0v) is 41.6. The maximum atomic E-state index is 13.9. The van der Waals surface area contributed by atoms with E-state index in [1.807, 2.05) is 49.9 Å². The summed E-state index contributed by atoms with van der Waals surface area (Å²) in [6, 6.07) is 24.7. The van der Waals surface area contributed by atoms with Crippen LogP contribution in [0.5, 0.6) is 0 Å². The molecule has 15 nitrogen and oxygen atoms in total. The number of carbonyl (C=O) groups excluding carboxylic acids is 4. The molecule has 366 valence electrons. The van der Waals surface area contributed by atoms with E-state index in [0.29, 0.717) is 19.5 Å². The van der Waals surface area contributed by atoms with Gasteiger partial charge in [-0.05, 0) is 95.0 Å². The van der Waals surface area contributed by atoms with Gasteiger partial charge < -0.3 is 44.8 Å². The highest BCUT2D eigenvalue weighted by Crippen LogP contribution is 2.45. The Balaban J connectivity index is 1.06. The van der Waals surface area contributed by atoms with Crippen LogP contribution in [0, 0.1) is 11.8 Å². The highest BCUT2D eigenvalue weighted by Gasteiger charge is 2.47. The van der Waals surface area contributed by atoms with Gasteiger partial charge in [0.1, 0.15) is 23.7 Å². The second kappa shape index (κ2) is 20.1. The Morgan fingerprint density at radius 3 is 1.83 bits per heavy atom. The molecule has 0 radical (unpaired) electrons. The number of methoxy groups -OCH3 is 2. The minimum absolute atomic E-state index is 0.0457. The summed E-state index contributed by atoms with van der Waals surface area (Å²) in [4.78, 5) is 75.0. The minimum atomic E-state index is -0.713. The van der Waals surface area contributed by atoms with E-state index in [1.54, 1.807) is 0 Å². The summed E-state index contributed by atoms with van der Waals surface area (Å²) in [5.41, 5.74) is 8.32. The second-order valence-corrected chi connectivity index (χ2v) is 20.8. The van der Waals surface area contributed by atoms with Gasteiger partial charge in [-0.1, -0.05) is 97.0 Å². The summed E-state index contributed by atoms with van der Waals surface area (Å²) >= 11 is 0.